The lowest BCUT2D eigenvalue weighted by Crippen LogP contribution is -2.46. The molecule has 1 aromatic heterocycles. The molecule has 0 radical (unpaired) electrons. The fourth-order valence-corrected chi connectivity index (χ4v) is 3.52. The van der Waals surface area contributed by atoms with Gasteiger partial charge in [-0.25, -0.2) is 9.59 Å². The van der Waals surface area contributed by atoms with Gasteiger partial charge in [0, 0.05) is 13.1 Å². The molecule has 2 heterocycles. The van der Waals surface area contributed by atoms with Crippen LogP contribution in [0.5, 0.6) is 0 Å². The quantitative estimate of drug-likeness (QED) is 0.661. The van der Waals surface area contributed by atoms with Crippen molar-refractivity contribution in [3.8, 4) is 0 Å². The molecule has 3 amide bonds. The Balaban J connectivity index is 1.39. The molecule has 0 saturated carbocycles. The summed E-state index contributed by atoms with van der Waals surface area (Å²) in [7, 11) is 0. The summed E-state index contributed by atoms with van der Waals surface area (Å²) in [6.07, 6.45) is 3.84. The molecule has 1 fully saturated rings. The smallest absolute Gasteiger partial charge is 0.335 e. The van der Waals surface area contributed by atoms with Crippen LogP contribution in [0.3, 0.4) is 0 Å². The third-order valence-electron chi connectivity index (χ3n) is 5.13. The predicted molar refractivity (Wildman–Crippen MR) is 105 cm³/mol. The van der Waals surface area contributed by atoms with E-state index in [-0.39, 0.29) is 19.0 Å². The van der Waals surface area contributed by atoms with E-state index in [1.165, 1.54) is 6.26 Å². The standard InChI is InChI=1S/C21H25N3O5/c25-19(14-23-21(28)22-13-17-5-3-11-29-17)24-9-7-15(8-10-24)12-16-4-1-2-6-18(16)20(26)27/h1-6,11,15H,7-10,12-14H2,(H,26,27)(H2,22,23,28). The number of nitrogens with zero attached hydrogens (tertiary/aromatic N) is 1. The first-order valence-electron chi connectivity index (χ1n) is 9.66. The third-order valence-corrected chi connectivity index (χ3v) is 5.13. The molecular weight excluding hydrogens is 374 g/mol. The van der Waals surface area contributed by atoms with Crippen molar-refractivity contribution in [3.63, 3.8) is 0 Å². The van der Waals surface area contributed by atoms with Crippen LogP contribution in [0, 0.1) is 5.92 Å². The van der Waals surface area contributed by atoms with E-state index in [9.17, 15) is 19.5 Å². The highest BCUT2D eigenvalue weighted by molar-refractivity contribution is 5.89. The largest absolute Gasteiger partial charge is 0.478 e. The summed E-state index contributed by atoms with van der Waals surface area (Å²) in [6.45, 7) is 1.41. The van der Waals surface area contributed by atoms with Gasteiger partial charge in [-0.1, -0.05) is 18.2 Å². The lowest BCUT2D eigenvalue weighted by molar-refractivity contribution is -0.131. The lowest BCUT2D eigenvalue weighted by atomic mass is 9.88. The van der Waals surface area contributed by atoms with Crippen LogP contribution in [-0.2, 0) is 17.8 Å². The Morgan fingerprint density at radius 1 is 1.07 bits per heavy atom. The first-order valence-corrected chi connectivity index (χ1v) is 9.66. The van der Waals surface area contributed by atoms with Crippen LogP contribution in [0.4, 0.5) is 4.79 Å². The summed E-state index contributed by atoms with van der Waals surface area (Å²) < 4.78 is 5.13. The van der Waals surface area contributed by atoms with Gasteiger partial charge in [-0.15, -0.1) is 0 Å². The number of hydrogen-bond acceptors (Lipinski definition) is 4. The van der Waals surface area contributed by atoms with E-state index in [0.29, 0.717) is 36.8 Å². The first kappa shape index (κ1) is 20.4. The van der Waals surface area contributed by atoms with Crippen molar-refractivity contribution >= 4 is 17.9 Å². The number of carboxylic acids is 1. The van der Waals surface area contributed by atoms with Crippen molar-refractivity contribution in [1.29, 1.82) is 0 Å². The second-order valence-corrected chi connectivity index (χ2v) is 7.11. The van der Waals surface area contributed by atoms with Gasteiger partial charge >= 0.3 is 12.0 Å². The molecule has 0 atom stereocenters. The number of benzene rings is 1. The number of aromatic carboxylic acids is 1. The fourth-order valence-electron chi connectivity index (χ4n) is 3.52. The molecule has 29 heavy (non-hydrogen) atoms. The average Bonchev–Trinajstić information content (AvgIpc) is 3.25. The summed E-state index contributed by atoms with van der Waals surface area (Å²) in [5.41, 5.74) is 1.18. The maximum Gasteiger partial charge on any atom is 0.335 e. The van der Waals surface area contributed by atoms with Crippen molar-refractivity contribution in [3.05, 3.63) is 59.5 Å². The third kappa shape index (κ3) is 5.84. The topological polar surface area (TPSA) is 112 Å². The average molecular weight is 399 g/mol. The maximum atomic E-state index is 12.3. The van der Waals surface area contributed by atoms with Gasteiger partial charge in [0.25, 0.3) is 0 Å². The van der Waals surface area contributed by atoms with Crippen molar-refractivity contribution in [1.82, 2.24) is 15.5 Å². The zero-order valence-electron chi connectivity index (χ0n) is 16.1. The van der Waals surface area contributed by atoms with Gasteiger partial charge in [0.2, 0.25) is 5.91 Å². The summed E-state index contributed by atoms with van der Waals surface area (Å²) in [5, 5.41) is 14.5. The molecule has 1 aromatic carbocycles. The Bertz CT molecular complexity index is 842. The number of nitrogens with one attached hydrogen (secondary N) is 2. The lowest BCUT2D eigenvalue weighted by Gasteiger charge is -2.32. The molecular formula is C21H25N3O5. The van der Waals surface area contributed by atoms with E-state index in [1.54, 1.807) is 29.2 Å². The zero-order valence-corrected chi connectivity index (χ0v) is 16.1. The minimum absolute atomic E-state index is 0.0590. The van der Waals surface area contributed by atoms with E-state index in [1.807, 2.05) is 12.1 Å². The fraction of sp³-hybridized carbons (Fsp3) is 0.381. The van der Waals surface area contributed by atoms with Crippen LogP contribution in [0.1, 0.15) is 34.5 Å². The van der Waals surface area contributed by atoms with Crippen molar-refractivity contribution in [2.45, 2.75) is 25.8 Å². The second kappa shape index (κ2) is 9.77. The molecule has 154 valence electrons. The van der Waals surface area contributed by atoms with Gasteiger partial charge in [-0.05, 0) is 48.9 Å². The van der Waals surface area contributed by atoms with Gasteiger partial charge in [-0.2, -0.15) is 0 Å². The van der Waals surface area contributed by atoms with Crippen molar-refractivity contribution < 1.29 is 23.9 Å². The summed E-state index contributed by atoms with van der Waals surface area (Å²) in [5.74, 6) is -0.0609. The number of rotatable bonds is 7. The summed E-state index contributed by atoms with van der Waals surface area (Å²) in [4.78, 5) is 37.2. The highest BCUT2D eigenvalue weighted by Gasteiger charge is 2.24. The van der Waals surface area contributed by atoms with Crippen LogP contribution in [0.2, 0.25) is 0 Å². The number of urea groups is 1. The van der Waals surface area contributed by atoms with Crippen LogP contribution >= 0.6 is 0 Å². The molecule has 3 N–H and O–H groups in total. The monoisotopic (exact) mass is 399 g/mol. The number of amides is 3. The van der Waals surface area contributed by atoms with Gasteiger partial charge < -0.3 is 25.1 Å². The zero-order chi connectivity index (χ0) is 20.6. The summed E-state index contributed by atoms with van der Waals surface area (Å²) in [6, 6.07) is 10.1. The molecule has 0 unspecified atom stereocenters. The number of furan rings is 1. The molecule has 2 aromatic rings. The van der Waals surface area contributed by atoms with Crippen LogP contribution in [0.15, 0.2) is 47.1 Å². The molecule has 0 aliphatic carbocycles. The Morgan fingerprint density at radius 3 is 2.52 bits per heavy atom. The number of hydrogen-bond donors (Lipinski definition) is 3. The Hall–Kier alpha value is -3.29. The molecule has 1 saturated heterocycles. The maximum absolute atomic E-state index is 12.3. The number of carboxylic acid groups (broad SMARTS) is 1. The number of likely N-dealkylation sites (tertiary alicyclic amines) is 1. The Labute approximate surface area is 168 Å². The van der Waals surface area contributed by atoms with E-state index in [2.05, 4.69) is 10.6 Å². The second-order valence-electron chi connectivity index (χ2n) is 7.11. The normalized spacial score (nSPS) is 14.4. The van der Waals surface area contributed by atoms with Gasteiger partial charge in [0.1, 0.15) is 5.76 Å². The highest BCUT2D eigenvalue weighted by atomic mass is 16.4. The van der Waals surface area contributed by atoms with E-state index < -0.39 is 12.0 Å². The van der Waals surface area contributed by atoms with Gasteiger partial charge in [0.15, 0.2) is 0 Å². The van der Waals surface area contributed by atoms with E-state index >= 15 is 0 Å². The van der Waals surface area contributed by atoms with E-state index in [4.69, 9.17) is 4.42 Å². The van der Waals surface area contributed by atoms with Crippen LogP contribution in [0.25, 0.3) is 0 Å². The first-order chi connectivity index (χ1) is 14.0. The number of carbonyl (C=O) groups excluding carboxylic acids is 2. The Morgan fingerprint density at radius 2 is 1.83 bits per heavy atom. The minimum Gasteiger partial charge on any atom is -0.478 e. The molecule has 1 aliphatic heterocycles. The Kier molecular flexibility index (Phi) is 6.89. The van der Waals surface area contributed by atoms with Gasteiger partial charge in [-0.3, -0.25) is 4.79 Å². The molecule has 8 heteroatoms. The summed E-state index contributed by atoms with van der Waals surface area (Å²) >= 11 is 0. The highest BCUT2D eigenvalue weighted by Crippen LogP contribution is 2.23. The van der Waals surface area contributed by atoms with E-state index in [0.717, 1.165) is 18.4 Å². The predicted octanol–water partition coefficient (Wildman–Crippen LogP) is 2.26. The molecule has 1 aliphatic rings. The van der Waals surface area contributed by atoms with Crippen LogP contribution < -0.4 is 10.6 Å². The molecule has 0 bridgehead atoms. The number of carbonyl (C=O) groups is 3. The van der Waals surface area contributed by atoms with Crippen molar-refractivity contribution in [2.75, 3.05) is 19.6 Å². The van der Waals surface area contributed by atoms with Crippen molar-refractivity contribution in [2.24, 2.45) is 5.92 Å². The SMILES string of the molecule is O=C(NCC(=O)N1CCC(Cc2ccccc2C(=O)O)CC1)NCc1ccco1. The molecule has 8 nitrogen and oxygen atoms in total. The number of piperidine rings is 1. The molecule has 0 spiro atoms. The molecule has 3 rings (SSSR count). The minimum atomic E-state index is -0.912. The van der Waals surface area contributed by atoms with Crippen LogP contribution in [-0.4, -0.2) is 47.5 Å². The van der Waals surface area contributed by atoms with Gasteiger partial charge in [0.05, 0.1) is 24.9 Å².